The largest absolute Gasteiger partial charge is 0.366 e. The lowest BCUT2D eigenvalue weighted by molar-refractivity contribution is -0.138. The Morgan fingerprint density at radius 1 is 1.15 bits per heavy atom. The number of nitrogens with two attached hydrogens (primary N) is 1. The minimum atomic E-state index is -0.407. The zero-order valence-electron chi connectivity index (χ0n) is 15.6. The number of carbonyl (C=O) groups is 2. The smallest absolute Gasteiger partial charge is 0.248 e. The number of rotatable bonds is 5. The first kappa shape index (κ1) is 17.5. The highest BCUT2D eigenvalue weighted by Crippen LogP contribution is 2.49. The Kier molecular flexibility index (Phi) is 4.74. The van der Waals surface area contributed by atoms with Crippen LogP contribution in [0, 0.1) is 5.92 Å². The topological polar surface area (TPSA) is 66.6 Å². The van der Waals surface area contributed by atoms with Gasteiger partial charge in [0.1, 0.15) is 0 Å². The van der Waals surface area contributed by atoms with Crippen LogP contribution in [0.3, 0.4) is 0 Å². The zero-order chi connectivity index (χ0) is 18.3. The lowest BCUT2D eigenvalue weighted by Gasteiger charge is -2.47. The second kappa shape index (κ2) is 7.03. The number of nitrogens with zero attached hydrogens (tertiary/aromatic N) is 2. The first-order valence-electron chi connectivity index (χ1n) is 10.0. The molecule has 2 aliphatic carbocycles. The Hall–Kier alpha value is -1.88. The van der Waals surface area contributed by atoms with Crippen LogP contribution in [-0.4, -0.2) is 53.3 Å². The van der Waals surface area contributed by atoms with Crippen LogP contribution in [0.25, 0.3) is 0 Å². The summed E-state index contributed by atoms with van der Waals surface area (Å²) in [6.45, 7) is 5.13. The molecular weight excluding hydrogens is 326 g/mol. The molecule has 4 rings (SSSR count). The van der Waals surface area contributed by atoms with Crippen molar-refractivity contribution in [2.75, 3.05) is 19.6 Å². The van der Waals surface area contributed by atoms with E-state index < -0.39 is 5.91 Å². The number of piperazine rings is 1. The summed E-state index contributed by atoms with van der Waals surface area (Å²) in [5, 5.41) is 0. The number of primary amides is 1. The Bertz CT molecular complexity index is 683. The van der Waals surface area contributed by atoms with Gasteiger partial charge in [-0.2, -0.15) is 0 Å². The third kappa shape index (κ3) is 3.25. The van der Waals surface area contributed by atoms with Gasteiger partial charge in [0, 0.05) is 43.2 Å². The molecule has 1 aromatic carbocycles. The standard InChI is InChI=1S/C21H29N3O2/c1-2-16-13-23(17-4-3-5-17)10-11-24(16)21(26)19-12-18(19)14-6-8-15(9-7-14)20(22)25/h6-9,16-19H,2-5,10-13H2,1H3,(H2,22,25)/t16-,18-,19+/m1/s1. The highest BCUT2D eigenvalue weighted by molar-refractivity contribution is 5.92. The van der Waals surface area contributed by atoms with Gasteiger partial charge in [0.25, 0.3) is 0 Å². The number of hydrogen-bond acceptors (Lipinski definition) is 3. The molecule has 0 radical (unpaired) electrons. The molecule has 1 heterocycles. The predicted molar refractivity (Wildman–Crippen MR) is 101 cm³/mol. The van der Waals surface area contributed by atoms with E-state index in [9.17, 15) is 9.59 Å². The van der Waals surface area contributed by atoms with Crippen molar-refractivity contribution in [1.29, 1.82) is 0 Å². The van der Waals surface area contributed by atoms with Crippen LogP contribution in [0.5, 0.6) is 0 Å². The summed E-state index contributed by atoms with van der Waals surface area (Å²) in [4.78, 5) is 29.0. The van der Waals surface area contributed by atoms with Crippen molar-refractivity contribution in [3.63, 3.8) is 0 Å². The lowest BCUT2D eigenvalue weighted by Crippen LogP contribution is -2.58. The van der Waals surface area contributed by atoms with E-state index in [1.165, 1.54) is 19.3 Å². The first-order chi connectivity index (χ1) is 12.6. The van der Waals surface area contributed by atoms with Gasteiger partial charge >= 0.3 is 0 Å². The maximum atomic E-state index is 13.1. The van der Waals surface area contributed by atoms with Crippen molar-refractivity contribution < 1.29 is 9.59 Å². The van der Waals surface area contributed by atoms with Crippen LogP contribution >= 0.6 is 0 Å². The molecule has 1 saturated heterocycles. The molecule has 3 fully saturated rings. The second-order valence-electron chi connectivity index (χ2n) is 8.11. The number of amides is 2. The Labute approximate surface area is 155 Å². The Morgan fingerprint density at radius 2 is 1.88 bits per heavy atom. The monoisotopic (exact) mass is 355 g/mol. The third-order valence-corrected chi connectivity index (χ3v) is 6.59. The zero-order valence-corrected chi connectivity index (χ0v) is 15.6. The van der Waals surface area contributed by atoms with Crippen LogP contribution in [0.4, 0.5) is 0 Å². The van der Waals surface area contributed by atoms with Crippen LogP contribution in [-0.2, 0) is 4.79 Å². The summed E-state index contributed by atoms with van der Waals surface area (Å²) in [6.07, 6.45) is 5.97. The lowest BCUT2D eigenvalue weighted by atomic mass is 9.90. The van der Waals surface area contributed by atoms with E-state index in [4.69, 9.17) is 5.73 Å². The van der Waals surface area contributed by atoms with Crippen molar-refractivity contribution >= 4 is 11.8 Å². The molecule has 1 aromatic rings. The van der Waals surface area contributed by atoms with E-state index in [0.29, 0.717) is 23.4 Å². The minimum absolute atomic E-state index is 0.110. The van der Waals surface area contributed by atoms with Gasteiger partial charge in [-0.1, -0.05) is 25.5 Å². The van der Waals surface area contributed by atoms with E-state index in [2.05, 4.69) is 16.7 Å². The second-order valence-corrected chi connectivity index (χ2v) is 8.11. The molecule has 26 heavy (non-hydrogen) atoms. The third-order valence-electron chi connectivity index (χ3n) is 6.59. The minimum Gasteiger partial charge on any atom is -0.366 e. The van der Waals surface area contributed by atoms with E-state index in [1.54, 1.807) is 12.1 Å². The maximum Gasteiger partial charge on any atom is 0.248 e. The Morgan fingerprint density at radius 3 is 2.46 bits per heavy atom. The average molecular weight is 355 g/mol. The summed E-state index contributed by atoms with van der Waals surface area (Å²) in [5.74, 6) is 0.328. The van der Waals surface area contributed by atoms with E-state index in [-0.39, 0.29) is 5.92 Å². The molecule has 3 atom stereocenters. The van der Waals surface area contributed by atoms with Crippen LogP contribution < -0.4 is 5.73 Å². The summed E-state index contributed by atoms with van der Waals surface area (Å²) >= 11 is 0. The summed E-state index contributed by atoms with van der Waals surface area (Å²) < 4.78 is 0. The molecule has 140 valence electrons. The fourth-order valence-electron chi connectivity index (χ4n) is 4.55. The van der Waals surface area contributed by atoms with Gasteiger partial charge in [0.05, 0.1) is 0 Å². The van der Waals surface area contributed by atoms with Crippen molar-refractivity contribution in [2.45, 2.75) is 57.0 Å². The molecular formula is C21H29N3O2. The summed E-state index contributed by atoms with van der Waals surface area (Å²) in [7, 11) is 0. The van der Waals surface area contributed by atoms with Crippen LogP contribution in [0.2, 0.25) is 0 Å². The van der Waals surface area contributed by atoms with Crippen molar-refractivity contribution in [1.82, 2.24) is 9.80 Å². The van der Waals surface area contributed by atoms with Gasteiger partial charge in [0.15, 0.2) is 0 Å². The summed E-state index contributed by atoms with van der Waals surface area (Å²) in [6, 6.07) is 8.55. The fraction of sp³-hybridized carbons (Fsp3) is 0.619. The number of hydrogen-bond donors (Lipinski definition) is 1. The van der Waals surface area contributed by atoms with Gasteiger partial charge < -0.3 is 10.6 Å². The van der Waals surface area contributed by atoms with E-state index >= 15 is 0 Å². The Balaban J connectivity index is 1.38. The molecule has 0 bridgehead atoms. The van der Waals surface area contributed by atoms with Gasteiger partial charge in [-0.25, -0.2) is 0 Å². The maximum absolute atomic E-state index is 13.1. The molecule has 2 saturated carbocycles. The van der Waals surface area contributed by atoms with Gasteiger partial charge in [-0.15, -0.1) is 0 Å². The fourth-order valence-corrected chi connectivity index (χ4v) is 4.55. The van der Waals surface area contributed by atoms with Crippen LogP contribution in [0.15, 0.2) is 24.3 Å². The molecule has 5 nitrogen and oxygen atoms in total. The normalized spacial score (nSPS) is 29.3. The molecule has 2 amide bonds. The van der Waals surface area contributed by atoms with Gasteiger partial charge in [0.2, 0.25) is 11.8 Å². The van der Waals surface area contributed by atoms with Crippen molar-refractivity contribution in [3.8, 4) is 0 Å². The molecule has 3 aliphatic rings. The van der Waals surface area contributed by atoms with E-state index in [0.717, 1.165) is 44.1 Å². The van der Waals surface area contributed by atoms with Gasteiger partial charge in [-0.3, -0.25) is 14.5 Å². The molecule has 1 aliphatic heterocycles. The molecule has 2 N–H and O–H groups in total. The number of benzene rings is 1. The highest BCUT2D eigenvalue weighted by atomic mass is 16.2. The number of carbonyl (C=O) groups excluding carboxylic acids is 2. The molecule has 0 unspecified atom stereocenters. The average Bonchev–Trinajstić information content (AvgIpc) is 3.40. The van der Waals surface area contributed by atoms with Crippen LogP contribution in [0.1, 0.15) is 60.9 Å². The highest BCUT2D eigenvalue weighted by Gasteiger charge is 2.47. The SMILES string of the molecule is CC[C@@H]1CN(C2CCC2)CCN1C(=O)[C@H]1C[C@@H]1c1ccc(C(N)=O)cc1. The summed E-state index contributed by atoms with van der Waals surface area (Å²) in [5.41, 5.74) is 6.97. The molecule has 0 aromatic heterocycles. The quantitative estimate of drug-likeness (QED) is 0.882. The first-order valence-corrected chi connectivity index (χ1v) is 10.0. The molecule has 5 heteroatoms. The van der Waals surface area contributed by atoms with E-state index in [1.807, 2.05) is 12.1 Å². The molecule has 0 spiro atoms. The van der Waals surface area contributed by atoms with Gasteiger partial charge in [-0.05, 0) is 49.3 Å². The van der Waals surface area contributed by atoms with Crippen molar-refractivity contribution in [3.05, 3.63) is 35.4 Å². The van der Waals surface area contributed by atoms with Crippen molar-refractivity contribution in [2.24, 2.45) is 11.7 Å². The predicted octanol–water partition coefficient (Wildman–Crippen LogP) is 2.36.